The molecule has 0 N–H and O–H groups in total. The van der Waals surface area contributed by atoms with E-state index >= 15 is 0 Å². The fourth-order valence-corrected chi connectivity index (χ4v) is 3.43. The molecular formula is C22H15N3O2. The number of carbonyl (C=O) groups excluding carboxylic acids is 2. The molecule has 0 unspecified atom stereocenters. The van der Waals surface area contributed by atoms with Crippen LogP contribution in [0.2, 0.25) is 0 Å². The molecule has 27 heavy (non-hydrogen) atoms. The van der Waals surface area contributed by atoms with E-state index in [9.17, 15) is 9.59 Å². The number of amides is 2. The minimum absolute atomic E-state index is 0.286. The molecule has 0 bridgehead atoms. The second-order valence-corrected chi connectivity index (χ2v) is 6.63. The molecule has 3 heterocycles. The van der Waals surface area contributed by atoms with Gasteiger partial charge >= 0.3 is 0 Å². The maximum Gasteiger partial charge on any atom is 0.266 e. The van der Waals surface area contributed by atoms with E-state index in [4.69, 9.17) is 0 Å². The first-order valence-electron chi connectivity index (χ1n) is 8.65. The third-order valence-electron chi connectivity index (χ3n) is 4.83. The Morgan fingerprint density at radius 1 is 0.852 bits per heavy atom. The van der Waals surface area contributed by atoms with Gasteiger partial charge in [-0.2, -0.15) is 0 Å². The molecule has 0 spiro atoms. The lowest BCUT2D eigenvalue weighted by Gasteiger charge is -2.14. The van der Waals surface area contributed by atoms with Gasteiger partial charge in [-0.25, -0.2) is 9.88 Å². The van der Waals surface area contributed by atoms with Gasteiger partial charge in [0.1, 0.15) is 5.65 Å². The minimum atomic E-state index is -0.286. The maximum absolute atomic E-state index is 12.6. The van der Waals surface area contributed by atoms with Crippen LogP contribution in [0.1, 0.15) is 26.3 Å². The summed E-state index contributed by atoms with van der Waals surface area (Å²) in [6, 6.07) is 18.3. The van der Waals surface area contributed by atoms with Gasteiger partial charge in [-0.15, -0.1) is 0 Å². The molecule has 1 aliphatic heterocycles. The molecule has 5 heteroatoms. The lowest BCUT2D eigenvalue weighted by Crippen LogP contribution is -2.29. The fraction of sp³-hybridized carbons (Fsp3) is 0.0455. The number of benzene rings is 2. The number of aryl methyl sites for hydroxylation is 1. The smallest absolute Gasteiger partial charge is 0.266 e. The van der Waals surface area contributed by atoms with Gasteiger partial charge < -0.3 is 4.40 Å². The molecule has 5 nitrogen and oxygen atoms in total. The third kappa shape index (κ3) is 2.36. The quantitative estimate of drug-likeness (QED) is 0.510. The van der Waals surface area contributed by atoms with Crippen LogP contribution >= 0.6 is 0 Å². The highest BCUT2D eigenvalue weighted by atomic mass is 16.2. The zero-order valence-corrected chi connectivity index (χ0v) is 14.6. The first-order valence-corrected chi connectivity index (χ1v) is 8.65. The number of imide groups is 1. The molecule has 0 fully saturated rings. The third-order valence-corrected chi connectivity index (χ3v) is 4.83. The summed E-state index contributed by atoms with van der Waals surface area (Å²) < 4.78 is 1.97. The number of carbonyl (C=O) groups is 2. The van der Waals surface area contributed by atoms with Gasteiger partial charge in [0.25, 0.3) is 11.8 Å². The van der Waals surface area contributed by atoms with E-state index in [-0.39, 0.29) is 11.8 Å². The standard InChI is InChI=1S/C22H15N3O2/c1-14-10-11-24-13-19(23-20(24)12-14)15-6-8-16(9-7-15)25-21(26)17-4-2-3-5-18(17)22(25)27/h2-13H,1H3. The van der Waals surface area contributed by atoms with Crippen LogP contribution in [0.25, 0.3) is 16.9 Å². The first-order chi connectivity index (χ1) is 13.1. The fourth-order valence-electron chi connectivity index (χ4n) is 3.43. The van der Waals surface area contributed by atoms with Crippen molar-refractivity contribution in [3.05, 3.63) is 89.7 Å². The minimum Gasteiger partial charge on any atom is -0.306 e. The second kappa shape index (κ2) is 5.64. The Morgan fingerprint density at radius 3 is 2.19 bits per heavy atom. The van der Waals surface area contributed by atoms with Gasteiger partial charge in [0.15, 0.2) is 0 Å². The molecule has 130 valence electrons. The Morgan fingerprint density at radius 2 is 1.52 bits per heavy atom. The zero-order valence-electron chi connectivity index (χ0n) is 14.6. The van der Waals surface area contributed by atoms with Gasteiger partial charge in [-0.1, -0.05) is 24.3 Å². The van der Waals surface area contributed by atoms with Crippen molar-refractivity contribution in [1.82, 2.24) is 9.38 Å². The maximum atomic E-state index is 12.6. The van der Waals surface area contributed by atoms with E-state index in [2.05, 4.69) is 4.98 Å². The summed E-state index contributed by atoms with van der Waals surface area (Å²) in [5.74, 6) is -0.571. The highest BCUT2D eigenvalue weighted by molar-refractivity contribution is 6.34. The second-order valence-electron chi connectivity index (χ2n) is 6.63. The van der Waals surface area contributed by atoms with Gasteiger partial charge in [-0.3, -0.25) is 9.59 Å². The number of rotatable bonds is 2. The average Bonchev–Trinajstić information content (AvgIpc) is 3.21. The largest absolute Gasteiger partial charge is 0.306 e. The van der Waals surface area contributed by atoms with E-state index in [1.165, 1.54) is 4.90 Å². The predicted octanol–water partition coefficient (Wildman–Crippen LogP) is 4.11. The zero-order chi connectivity index (χ0) is 18.5. The van der Waals surface area contributed by atoms with Crippen LogP contribution in [-0.2, 0) is 0 Å². The SMILES string of the molecule is Cc1ccn2cc(-c3ccc(N4C(=O)c5ccccc5C4=O)cc3)nc2c1. The van der Waals surface area contributed by atoms with Gasteiger partial charge in [0, 0.05) is 18.0 Å². The van der Waals surface area contributed by atoms with Crippen molar-refractivity contribution in [3.8, 4) is 11.3 Å². The summed E-state index contributed by atoms with van der Waals surface area (Å²) in [6.45, 7) is 2.03. The average molecular weight is 353 g/mol. The lowest BCUT2D eigenvalue weighted by atomic mass is 10.1. The molecular weight excluding hydrogens is 338 g/mol. The van der Waals surface area contributed by atoms with Crippen molar-refractivity contribution >= 4 is 23.1 Å². The molecule has 1 aliphatic rings. The monoisotopic (exact) mass is 353 g/mol. The normalized spacial score (nSPS) is 13.4. The molecule has 5 rings (SSSR count). The van der Waals surface area contributed by atoms with E-state index < -0.39 is 0 Å². The van der Waals surface area contributed by atoms with Crippen LogP contribution in [0, 0.1) is 6.92 Å². The molecule has 0 aliphatic carbocycles. The first kappa shape index (κ1) is 15.5. The molecule has 2 aromatic heterocycles. The number of nitrogens with zero attached hydrogens (tertiary/aromatic N) is 3. The lowest BCUT2D eigenvalue weighted by molar-refractivity contribution is 0.0926. The summed E-state index contributed by atoms with van der Waals surface area (Å²) in [6.07, 6.45) is 3.94. The van der Waals surface area contributed by atoms with E-state index in [1.807, 2.05) is 48.0 Å². The Kier molecular flexibility index (Phi) is 3.24. The molecule has 4 aromatic rings. The summed E-state index contributed by atoms with van der Waals surface area (Å²) >= 11 is 0. The summed E-state index contributed by atoms with van der Waals surface area (Å²) in [7, 11) is 0. The Balaban J connectivity index is 1.50. The van der Waals surface area contributed by atoms with Crippen molar-refractivity contribution in [2.45, 2.75) is 6.92 Å². The Labute approximate surface area is 155 Å². The van der Waals surface area contributed by atoms with Crippen molar-refractivity contribution < 1.29 is 9.59 Å². The number of anilines is 1. The molecule has 0 atom stereocenters. The van der Waals surface area contributed by atoms with Crippen molar-refractivity contribution in [1.29, 1.82) is 0 Å². The van der Waals surface area contributed by atoms with E-state index in [0.717, 1.165) is 22.5 Å². The van der Waals surface area contributed by atoms with Crippen LogP contribution in [0.3, 0.4) is 0 Å². The van der Waals surface area contributed by atoms with Gasteiger partial charge in [0.2, 0.25) is 0 Å². The van der Waals surface area contributed by atoms with Crippen LogP contribution in [0.15, 0.2) is 73.1 Å². The van der Waals surface area contributed by atoms with Crippen LogP contribution in [0.5, 0.6) is 0 Å². The van der Waals surface area contributed by atoms with Crippen LogP contribution in [0.4, 0.5) is 5.69 Å². The number of pyridine rings is 1. The van der Waals surface area contributed by atoms with E-state index in [0.29, 0.717) is 16.8 Å². The molecule has 0 saturated carbocycles. The molecule has 0 radical (unpaired) electrons. The van der Waals surface area contributed by atoms with Crippen molar-refractivity contribution in [2.24, 2.45) is 0 Å². The number of hydrogen-bond acceptors (Lipinski definition) is 3. The summed E-state index contributed by atoms with van der Waals surface area (Å²) in [5.41, 5.74) is 5.26. The Bertz CT molecular complexity index is 1190. The van der Waals surface area contributed by atoms with E-state index in [1.54, 1.807) is 36.4 Å². The molecule has 2 amide bonds. The number of hydrogen-bond donors (Lipinski definition) is 0. The number of fused-ring (bicyclic) bond motifs is 2. The highest BCUT2D eigenvalue weighted by Crippen LogP contribution is 2.30. The van der Waals surface area contributed by atoms with Crippen molar-refractivity contribution in [2.75, 3.05) is 4.90 Å². The number of aromatic nitrogens is 2. The van der Waals surface area contributed by atoms with Crippen LogP contribution < -0.4 is 4.90 Å². The predicted molar refractivity (Wildman–Crippen MR) is 103 cm³/mol. The Hall–Kier alpha value is -3.73. The number of imidazole rings is 1. The van der Waals surface area contributed by atoms with Gasteiger partial charge in [0.05, 0.1) is 22.5 Å². The summed E-state index contributed by atoms with van der Waals surface area (Å²) in [5, 5.41) is 0. The summed E-state index contributed by atoms with van der Waals surface area (Å²) in [4.78, 5) is 31.1. The molecule has 2 aromatic carbocycles. The van der Waals surface area contributed by atoms with Crippen LogP contribution in [-0.4, -0.2) is 21.2 Å². The topological polar surface area (TPSA) is 54.7 Å². The van der Waals surface area contributed by atoms with Crippen molar-refractivity contribution in [3.63, 3.8) is 0 Å². The van der Waals surface area contributed by atoms with Gasteiger partial charge in [-0.05, 0) is 48.9 Å². The highest BCUT2D eigenvalue weighted by Gasteiger charge is 2.36. The molecule has 0 saturated heterocycles.